The van der Waals surface area contributed by atoms with Crippen LogP contribution in [0.15, 0.2) is 45.8 Å². The van der Waals surface area contributed by atoms with E-state index in [1.165, 1.54) is 12.1 Å². The molecule has 0 bridgehead atoms. The Labute approximate surface area is 131 Å². The molecule has 7 heteroatoms. The Morgan fingerprint density at radius 3 is 2.67 bits per heavy atom. The number of halogens is 2. The van der Waals surface area contributed by atoms with Crippen LogP contribution in [0, 0.1) is 5.82 Å². The highest BCUT2D eigenvalue weighted by Crippen LogP contribution is 2.27. The molecule has 21 heavy (non-hydrogen) atoms. The zero-order valence-corrected chi connectivity index (χ0v) is 13.6. The second kappa shape index (κ2) is 6.03. The third-order valence-corrected chi connectivity index (χ3v) is 4.91. The Morgan fingerprint density at radius 1 is 1.29 bits per heavy atom. The predicted octanol–water partition coefficient (Wildman–Crippen LogP) is 3.53. The number of hydrogen-bond donors (Lipinski definition) is 2. The average Bonchev–Trinajstić information content (AvgIpc) is 2.43. The molecule has 0 radical (unpaired) electrons. The SMILES string of the molecule is CCc1cc(Br)ccc1NS(=O)(=O)c1cccc(F)c1N. The van der Waals surface area contributed by atoms with E-state index in [1.807, 2.05) is 13.0 Å². The molecule has 0 saturated carbocycles. The van der Waals surface area contributed by atoms with Gasteiger partial charge in [-0.1, -0.05) is 28.9 Å². The van der Waals surface area contributed by atoms with Crippen LogP contribution in [0.5, 0.6) is 0 Å². The molecule has 0 fully saturated rings. The normalized spacial score (nSPS) is 11.4. The van der Waals surface area contributed by atoms with Gasteiger partial charge in [0, 0.05) is 4.47 Å². The third-order valence-electron chi connectivity index (χ3n) is 2.99. The van der Waals surface area contributed by atoms with Gasteiger partial charge in [0.2, 0.25) is 0 Å². The number of rotatable bonds is 4. The summed E-state index contributed by atoms with van der Waals surface area (Å²) in [4.78, 5) is -0.271. The summed E-state index contributed by atoms with van der Waals surface area (Å²) in [6, 6.07) is 8.90. The van der Waals surface area contributed by atoms with Gasteiger partial charge in [0.15, 0.2) is 0 Å². The Morgan fingerprint density at radius 2 is 2.00 bits per heavy atom. The van der Waals surface area contributed by atoms with Crippen LogP contribution in [-0.2, 0) is 16.4 Å². The van der Waals surface area contributed by atoms with Gasteiger partial charge in [-0.3, -0.25) is 4.72 Å². The van der Waals surface area contributed by atoms with Gasteiger partial charge in [0.25, 0.3) is 10.0 Å². The van der Waals surface area contributed by atoms with E-state index in [-0.39, 0.29) is 10.6 Å². The monoisotopic (exact) mass is 372 g/mol. The number of nitrogen functional groups attached to an aromatic ring is 1. The number of anilines is 2. The topological polar surface area (TPSA) is 72.2 Å². The van der Waals surface area contributed by atoms with Crippen molar-refractivity contribution in [3.05, 3.63) is 52.3 Å². The number of aryl methyl sites for hydroxylation is 1. The summed E-state index contributed by atoms with van der Waals surface area (Å²) in [7, 11) is -3.94. The van der Waals surface area contributed by atoms with E-state index in [0.717, 1.165) is 16.1 Å². The lowest BCUT2D eigenvalue weighted by atomic mass is 10.1. The summed E-state index contributed by atoms with van der Waals surface area (Å²) >= 11 is 3.34. The fourth-order valence-corrected chi connectivity index (χ4v) is 3.56. The number of sulfonamides is 1. The molecule has 0 unspecified atom stereocenters. The lowest BCUT2D eigenvalue weighted by molar-refractivity contribution is 0.597. The van der Waals surface area contributed by atoms with Crippen molar-refractivity contribution < 1.29 is 12.8 Å². The first-order valence-electron chi connectivity index (χ1n) is 6.20. The summed E-state index contributed by atoms with van der Waals surface area (Å²) in [5.74, 6) is -0.760. The molecule has 0 saturated heterocycles. The molecule has 0 aliphatic carbocycles. The van der Waals surface area contributed by atoms with Crippen LogP contribution in [0.2, 0.25) is 0 Å². The Kier molecular flexibility index (Phi) is 4.53. The van der Waals surface area contributed by atoms with E-state index in [2.05, 4.69) is 20.7 Å². The molecule has 2 aromatic rings. The van der Waals surface area contributed by atoms with Crippen LogP contribution in [-0.4, -0.2) is 8.42 Å². The molecule has 0 aliphatic heterocycles. The standard InChI is InChI=1S/C14H14BrFN2O2S/c1-2-9-8-10(15)6-7-12(9)18-21(19,20)13-5-3-4-11(16)14(13)17/h3-8,18H,2,17H2,1H3. The molecule has 0 atom stereocenters. The molecule has 3 N–H and O–H groups in total. The van der Waals surface area contributed by atoms with E-state index < -0.39 is 15.8 Å². The van der Waals surface area contributed by atoms with Crippen molar-refractivity contribution in [1.82, 2.24) is 0 Å². The van der Waals surface area contributed by atoms with Gasteiger partial charge in [0.05, 0.1) is 11.4 Å². The highest BCUT2D eigenvalue weighted by molar-refractivity contribution is 9.10. The minimum Gasteiger partial charge on any atom is -0.395 e. The lowest BCUT2D eigenvalue weighted by Crippen LogP contribution is -2.16. The summed E-state index contributed by atoms with van der Waals surface area (Å²) < 4.78 is 41.4. The highest BCUT2D eigenvalue weighted by atomic mass is 79.9. The minimum atomic E-state index is -3.94. The Balaban J connectivity index is 2.45. The van der Waals surface area contributed by atoms with Crippen LogP contribution in [0.4, 0.5) is 15.8 Å². The smallest absolute Gasteiger partial charge is 0.264 e. The van der Waals surface area contributed by atoms with Gasteiger partial charge in [-0.25, -0.2) is 12.8 Å². The van der Waals surface area contributed by atoms with Gasteiger partial charge >= 0.3 is 0 Å². The molecule has 2 rings (SSSR count). The average molecular weight is 373 g/mol. The van der Waals surface area contributed by atoms with Crippen LogP contribution in [0.3, 0.4) is 0 Å². The van der Waals surface area contributed by atoms with Crippen LogP contribution in [0.25, 0.3) is 0 Å². The van der Waals surface area contributed by atoms with E-state index in [9.17, 15) is 12.8 Å². The van der Waals surface area contributed by atoms with E-state index in [1.54, 1.807) is 12.1 Å². The van der Waals surface area contributed by atoms with Gasteiger partial charge in [-0.2, -0.15) is 0 Å². The number of nitrogens with one attached hydrogen (secondary N) is 1. The highest BCUT2D eigenvalue weighted by Gasteiger charge is 2.20. The molecule has 0 amide bonds. The Hall–Kier alpha value is -1.60. The van der Waals surface area contributed by atoms with E-state index >= 15 is 0 Å². The van der Waals surface area contributed by atoms with Crippen molar-refractivity contribution in [2.45, 2.75) is 18.2 Å². The minimum absolute atomic E-state index is 0.271. The summed E-state index contributed by atoms with van der Waals surface area (Å²) in [6.45, 7) is 1.91. The van der Waals surface area contributed by atoms with Crippen molar-refractivity contribution in [1.29, 1.82) is 0 Å². The fraction of sp³-hybridized carbons (Fsp3) is 0.143. The molecule has 0 heterocycles. The summed E-state index contributed by atoms with van der Waals surface area (Å²) in [5.41, 5.74) is 6.40. The van der Waals surface area contributed by atoms with Crippen molar-refractivity contribution >= 4 is 37.3 Å². The molecule has 4 nitrogen and oxygen atoms in total. The maximum absolute atomic E-state index is 13.4. The first kappa shape index (κ1) is 15.8. The zero-order chi connectivity index (χ0) is 15.6. The number of hydrogen-bond acceptors (Lipinski definition) is 3. The second-order valence-electron chi connectivity index (χ2n) is 4.41. The first-order chi connectivity index (χ1) is 9.85. The number of nitrogens with two attached hydrogens (primary N) is 1. The molecule has 2 aromatic carbocycles. The zero-order valence-electron chi connectivity index (χ0n) is 11.2. The summed E-state index contributed by atoms with van der Waals surface area (Å²) in [5, 5.41) is 0. The molecular formula is C14H14BrFN2O2S. The molecule has 0 aromatic heterocycles. The van der Waals surface area contributed by atoms with Crippen molar-refractivity contribution in [2.24, 2.45) is 0 Å². The molecule has 112 valence electrons. The molecule has 0 spiro atoms. The van der Waals surface area contributed by atoms with Crippen molar-refractivity contribution in [2.75, 3.05) is 10.5 Å². The lowest BCUT2D eigenvalue weighted by Gasteiger charge is -2.13. The van der Waals surface area contributed by atoms with Gasteiger partial charge in [0.1, 0.15) is 10.7 Å². The fourth-order valence-electron chi connectivity index (χ4n) is 1.91. The van der Waals surface area contributed by atoms with Gasteiger partial charge < -0.3 is 5.73 Å². The number of para-hydroxylation sites is 1. The van der Waals surface area contributed by atoms with Crippen molar-refractivity contribution in [3.8, 4) is 0 Å². The quantitative estimate of drug-likeness (QED) is 0.806. The molecule has 0 aliphatic rings. The predicted molar refractivity (Wildman–Crippen MR) is 85.1 cm³/mol. The third kappa shape index (κ3) is 3.36. The second-order valence-corrected chi connectivity index (χ2v) is 6.98. The number of benzene rings is 2. The van der Waals surface area contributed by atoms with E-state index in [4.69, 9.17) is 5.73 Å². The largest absolute Gasteiger partial charge is 0.395 e. The maximum atomic E-state index is 13.4. The summed E-state index contributed by atoms with van der Waals surface area (Å²) in [6.07, 6.45) is 0.649. The van der Waals surface area contributed by atoms with Crippen molar-refractivity contribution in [3.63, 3.8) is 0 Å². The van der Waals surface area contributed by atoms with Crippen LogP contribution < -0.4 is 10.5 Å². The first-order valence-corrected chi connectivity index (χ1v) is 8.48. The van der Waals surface area contributed by atoms with Crippen LogP contribution >= 0.6 is 15.9 Å². The molecular weight excluding hydrogens is 359 g/mol. The van der Waals surface area contributed by atoms with Gasteiger partial charge in [-0.15, -0.1) is 0 Å². The van der Waals surface area contributed by atoms with Gasteiger partial charge in [-0.05, 0) is 42.3 Å². The van der Waals surface area contributed by atoms with E-state index in [0.29, 0.717) is 12.1 Å². The maximum Gasteiger partial charge on any atom is 0.264 e. The Bertz CT molecular complexity index is 779. The van der Waals surface area contributed by atoms with Crippen LogP contribution in [0.1, 0.15) is 12.5 Å².